The number of hydrogen-bond acceptors (Lipinski definition) is 6. The second-order valence-electron chi connectivity index (χ2n) is 8.91. The Morgan fingerprint density at radius 2 is 1.94 bits per heavy atom. The highest BCUT2D eigenvalue weighted by atomic mass is 15.3. The standard InChI is InChI=1S/C24H27N7/c1-17-14-29(22-5-3-20(13-25)31-23(22)6-7-27-31)16-24-21-4-2-19(12-18(21)15-30(17)24)28-10-8-26-9-11-28/h2-7,12,17,24,26H,8-11,14-16H2,1H3. The van der Waals surface area contributed by atoms with Crippen molar-refractivity contribution in [2.24, 2.45) is 0 Å². The van der Waals surface area contributed by atoms with Crippen LogP contribution in [-0.2, 0) is 6.54 Å². The molecular formula is C24H27N7. The molecule has 7 nitrogen and oxygen atoms in total. The molecule has 0 radical (unpaired) electrons. The van der Waals surface area contributed by atoms with Gasteiger partial charge in [-0.15, -0.1) is 0 Å². The minimum Gasteiger partial charge on any atom is -0.369 e. The highest BCUT2D eigenvalue weighted by Gasteiger charge is 2.39. The summed E-state index contributed by atoms with van der Waals surface area (Å²) in [5, 5.41) is 17.2. The van der Waals surface area contributed by atoms with E-state index in [9.17, 15) is 5.26 Å². The Morgan fingerprint density at radius 1 is 1.06 bits per heavy atom. The molecule has 0 aliphatic carbocycles. The van der Waals surface area contributed by atoms with Crippen molar-refractivity contribution in [3.05, 3.63) is 59.4 Å². The van der Waals surface area contributed by atoms with E-state index >= 15 is 0 Å². The molecule has 2 aromatic heterocycles. The molecule has 5 heterocycles. The zero-order valence-corrected chi connectivity index (χ0v) is 17.8. The molecule has 2 atom stereocenters. The third kappa shape index (κ3) is 2.98. The lowest BCUT2D eigenvalue weighted by Crippen LogP contribution is -2.51. The van der Waals surface area contributed by atoms with Crippen LogP contribution in [0.4, 0.5) is 11.4 Å². The van der Waals surface area contributed by atoms with Crippen LogP contribution in [0.15, 0.2) is 42.6 Å². The molecule has 31 heavy (non-hydrogen) atoms. The average Bonchev–Trinajstić information content (AvgIpc) is 3.44. The minimum atomic E-state index is 0.398. The molecule has 0 saturated carbocycles. The Hall–Kier alpha value is -3.08. The first kappa shape index (κ1) is 18.7. The van der Waals surface area contributed by atoms with E-state index < -0.39 is 0 Å². The molecule has 158 valence electrons. The number of piperazine rings is 2. The highest BCUT2D eigenvalue weighted by Crippen LogP contribution is 2.41. The lowest BCUT2D eigenvalue weighted by molar-refractivity contribution is 0.134. The number of benzene rings is 1. The largest absolute Gasteiger partial charge is 0.369 e. The maximum Gasteiger partial charge on any atom is 0.142 e. The molecule has 2 unspecified atom stereocenters. The van der Waals surface area contributed by atoms with Crippen LogP contribution >= 0.6 is 0 Å². The molecular weight excluding hydrogens is 386 g/mol. The smallest absolute Gasteiger partial charge is 0.142 e. The van der Waals surface area contributed by atoms with Gasteiger partial charge in [-0.3, -0.25) is 4.90 Å². The van der Waals surface area contributed by atoms with Crippen molar-refractivity contribution in [1.82, 2.24) is 19.8 Å². The molecule has 0 amide bonds. The van der Waals surface area contributed by atoms with E-state index in [2.05, 4.69) is 62.4 Å². The zero-order chi connectivity index (χ0) is 20.9. The lowest BCUT2D eigenvalue weighted by atomic mass is 10.0. The number of nitriles is 1. The second-order valence-corrected chi connectivity index (χ2v) is 8.91. The van der Waals surface area contributed by atoms with Crippen molar-refractivity contribution >= 4 is 16.9 Å². The first-order valence-corrected chi connectivity index (χ1v) is 11.2. The molecule has 3 aromatic rings. The number of hydrogen-bond donors (Lipinski definition) is 1. The highest BCUT2D eigenvalue weighted by molar-refractivity contribution is 5.74. The number of nitrogens with one attached hydrogen (secondary N) is 1. The Bertz CT molecular complexity index is 1170. The fourth-order valence-corrected chi connectivity index (χ4v) is 5.58. The first-order valence-electron chi connectivity index (χ1n) is 11.2. The van der Waals surface area contributed by atoms with Gasteiger partial charge in [-0.05, 0) is 48.4 Å². The Balaban J connectivity index is 1.32. The van der Waals surface area contributed by atoms with Gasteiger partial charge in [-0.25, -0.2) is 4.52 Å². The normalized spacial score (nSPS) is 23.6. The van der Waals surface area contributed by atoms with Crippen molar-refractivity contribution in [2.45, 2.75) is 25.6 Å². The number of aromatic nitrogens is 2. The summed E-state index contributed by atoms with van der Waals surface area (Å²) in [6, 6.07) is 16.2. The van der Waals surface area contributed by atoms with Gasteiger partial charge < -0.3 is 15.1 Å². The van der Waals surface area contributed by atoms with Gasteiger partial charge in [0, 0.05) is 57.5 Å². The van der Waals surface area contributed by atoms with Gasteiger partial charge in [0.05, 0.1) is 23.4 Å². The lowest BCUT2D eigenvalue weighted by Gasteiger charge is -2.43. The van der Waals surface area contributed by atoms with E-state index in [-0.39, 0.29) is 0 Å². The third-order valence-electron chi connectivity index (χ3n) is 7.15. The molecule has 6 rings (SSSR count). The molecule has 2 fully saturated rings. The number of anilines is 2. The number of nitrogens with zero attached hydrogens (tertiary/aromatic N) is 6. The van der Waals surface area contributed by atoms with Crippen LogP contribution in [0.1, 0.15) is 29.8 Å². The summed E-state index contributed by atoms with van der Waals surface area (Å²) < 4.78 is 1.76. The summed E-state index contributed by atoms with van der Waals surface area (Å²) in [5.41, 5.74) is 7.04. The Labute approximate surface area is 182 Å². The SMILES string of the molecule is CC1CN(c2ccc(C#N)n3nccc23)CC2c3ccc(N4CCNCC4)cc3CN12. The van der Waals surface area contributed by atoms with Crippen LogP contribution in [0.2, 0.25) is 0 Å². The molecule has 0 bridgehead atoms. The maximum absolute atomic E-state index is 9.41. The van der Waals surface area contributed by atoms with Crippen LogP contribution in [0.25, 0.3) is 5.52 Å². The van der Waals surface area contributed by atoms with Crippen molar-refractivity contribution in [2.75, 3.05) is 49.1 Å². The first-order chi connectivity index (χ1) is 15.2. The van der Waals surface area contributed by atoms with Gasteiger partial charge in [0.25, 0.3) is 0 Å². The van der Waals surface area contributed by atoms with Crippen LogP contribution in [-0.4, -0.2) is 59.8 Å². The average molecular weight is 414 g/mol. The predicted octanol–water partition coefficient (Wildman–Crippen LogP) is 2.38. The number of fused-ring (bicyclic) bond motifs is 4. The van der Waals surface area contributed by atoms with Gasteiger partial charge >= 0.3 is 0 Å². The molecule has 3 aliphatic heterocycles. The molecule has 7 heteroatoms. The van der Waals surface area contributed by atoms with E-state index in [1.807, 2.05) is 12.1 Å². The molecule has 1 aromatic carbocycles. The fraction of sp³-hybridized carbons (Fsp3) is 0.417. The van der Waals surface area contributed by atoms with Gasteiger partial charge in [0.2, 0.25) is 0 Å². The molecule has 3 aliphatic rings. The van der Waals surface area contributed by atoms with Gasteiger partial charge in [0.15, 0.2) is 0 Å². The summed E-state index contributed by atoms with van der Waals surface area (Å²) in [5.74, 6) is 0. The van der Waals surface area contributed by atoms with Gasteiger partial charge in [-0.1, -0.05) is 6.07 Å². The third-order valence-corrected chi connectivity index (χ3v) is 7.15. The maximum atomic E-state index is 9.41. The Morgan fingerprint density at radius 3 is 2.77 bits per heavy atom. The van der Waals surface area contributed by atoms with E-state index in [0.717, 1.165) is 57.0 Å². The molecule has 0 spiro atoms. The zero-order valence-electron chi connectivity index (χ0n) is 17.8. The monoisotopic (exact) mass is 413 g/mol. The quantitative estimate of drug-likeness (QED) is 0.696. The molecule has 2 saturated heterocycles. The minimum absolute atomic E-state index is 0.398. The van der Waals surface area contributed by atoms with Crippen molar-refractivity contribution < 1.29 is 0 Å². The van der Waals surface area contributed by atoms with E-state index in [4.69, 9.17) is 0 Å². The van der Waals surface area contributed by atoms with Gasteiger partial charge in [-0.2, -0.15) is 10.4 Å². The van der Waals surface area contributed by atoms with Crippen LogP contribution in [0.3, 0.4) is 0 Å². The van der Waals surface area contributed by atoms with Gasteiger partial charge in [0.1, 0.15) is 11.8 Å². The second kappa shape index (κ2) is 7.26. The summed E-state index contributed by atoms with van der Waals surface area (Å²) in [6.45, 7) is 9.58. The van der Waals surface area contributed by atoms with Crippen molar-refractivity contribution in [3.63, 3.8) is 0 Å². The van der Waals surface area contributed by atoms with E-state index in [1.54, 1.807) is 10.7 Å². The van der Waals surface area contributed by atoms with Crippen LogP contribution < -0.4 is 15.1 Å². The predicted molar refractivity (Wildman–Crippen MR) is 121 cm³/mol. The topological polar surface area (TPSA) is 62.8 Å². The van der Waals surface area contributed by atoms with E-state index in [0.29, 0.717) is 17.8 Å². The molecule has 1 N–H and O–H groups in total. The number of pyridine rings is 1. The summed E-state index contributed by atoms with van der Waals surface area (Å²) in [6.07, 6.45) is 1.78. The summed E-state index contributed by atoms with van der Waals surface area (Å²) in [7, 11) is 0. The summed E-state index contributed by atoms with van der Waals surface area (Å²) >= 11 is 0. The summed E-state index contributed by atoms with van der Waals surface area (Å²) in [4.78, 5) is 7.63. The van der Waals surface area contributed by atoms with Crippen molar-refractivity contribution in [1.29, 1.82) is 5.26 Å². The van der Waals surface area contributed by atoms with Crippen LogP contribution in [0, 0.1) is 11.3 Å². The van der Waals surface area contributed by atoms with E-state index in [1.165, 1.54) is 16.8 Å². The van der Waals surface area contributed by atoms with Crippen molar-refractivity contribution in [3.8, 4) is 6.07 Å². The Kier molecular flexibility index (Phi) is 4.37. The fourth-order valence-electron chi connectivity index (χ4n) is 5.58. The number of rotatable bonds is 2. The van der Waals surface area contributed by atoms with Crippen LogP contribution in [0.5, 0.6) is 0 Å².